The lowest BCUT2D eigenvalue weighted by Crippen LogP contribution is -2.33. The van der Waals surface area contributed by atoms with Crippen LogP contribution in [0.15, 0.2) is 0 Å². The van der Waals surface area contributed by atoms with E-state index in [9.17, 15) is 4.39 Å². The third-order valence-electron chi connectivity index (χ3n) is 2.09. The predicted octanol–water partition coefficient (Wildman–Crippen LogP) is 1.88. The molecule has 0 heterocycles. The van der Waals surface area contributed by atoms with E-state index in [-0.39, 0.29) is 6.04 Å². The Labute approximate surface area is 62.0 Å². The fourth-order valence-corrected chi connectivity index (χ4v) is 1.47. The fraction of sp³-hybridized carbons (Fsp3) is 1.00. The third kappa shape index (κ3) is 1.94. The maximum atomic E-state index is 12.8. The van der Waals surface area contributed by atoms with Crippen LogP contribution in [0.2, 0.25) is 0 Å². The van der Waals surface area contributed by atoms with Crippen molar-refractivity contribution in [2.45, 2.75) is 44.8 Å². The molecule has 1 N–H and O–H groups in total. The Kier molecular flexibility index (Phi) is 3.13. The smallest absolute Gasteiger partial charge is 0.115 e. The van der Waals surface area contributed by atoms with E-state index in [4.69, 9.17) is 0 Å². The molecule has 1 aliphatic carbocycles. The van der Waals surface area contributed by atoms with Crippen LogP contribution in [-0.2, 0) is 0 Å². The minimum absolute atomic E-state index is 0.167. The van der Waals surface area contributed by atoms with Crippen molar-refractivity contribution in [1.29, 1.82) is 0 Å². The minimum Gasteiger partial charge on any atom is -0.311 e. The molecule has 0 aliphatic heterocycles. The molecule has 0 aromatic heterocycles. The predicted molar refractivity (Wildman–Crippen MR) is 40.8 cm³/mol. The second-order valence-electron chi connectivity index (χ2n) is 3.01. The molecule has 0 aromatic rings. The monoisotopic (exact) mass is 145 g/mol. The average Bonchev–Trinajstić information content (AvgIpc) is 2.31. The zero-order chi connectivity index (χ0) is 7.40. The molecule has 1 aliphatic rings. The third-order valence-corrected chi connectivity index (χ3v) is 2.09. The molecule has 10 heavy (non-hydrogen) atoms. The summed E-state index contributed by atoms with van der Waals surface area (Å²) in [6.07, 6.45) is 3.38. The van der Waals surface area contributed by atoms with Crippen molar-refractivity contribution >= 4 is 0 Å². The maximum Gasteiger partial charge on any atom is 0.115 e. The van der Waals surface area contributed by atoms with Crippen molar-refractivity contribution in [2.75, 3.05) is 6.54 Å². The van der Waals surface area contributed by atoms with Gasteiger partial charge < -0.3 is 5.32 Å². The van der Waals surface area contributed by atoms with Crippen molar-refractivity contribution < 1.29 is 4.39 Å². The van der Waals surface area contributed by atoms with Gasteiger partial charge in [0.05, 0.1) is 0 Å². The largest absolute Gasteiger partial charge is 0.311 e. The normalized spacial score (nSPS) is 33.0. The van der Waals surface area contributed by atoms with Crippen molar-refractivity contribution in [3.05, 3.63) is 0 Å². The summed E-state index contributed by atoms with van der Waals surface area (Å²) in [4.78, 5) is 0. The van der Waals surface area contributed by atoms with Crippen LogP contribution < -0.4 is 5.32 Å². The van der Waals surface area contributed by atoms with Crippen LogP contribution in [0.1, 0.15) is 32.6 Å². The lowest BCUT2D eigenvalue weighted by Gasteiger charge is -2.13. The van der Waals surface area contributed by atoms with Gasteiger partial charge in [-0.2, -0.15) is 0 Å². The van der Waals surface area contributed by atoms with Crippen LogP contribution in [0.25, 0.3) is 0 Å². The average molecular weight is 145 g/mol. The van der Waals surface area contributed by atoms with E-state index < -0.39 is 6.17 Å². The Morgan fingerprint density at radius 1 is 1.50 bits per heavy atom. The molecule has 1 saturated carbocycles. The second kappa shape index (κ2) is 3.91. The van der Waals surface area contributed by atoms with Crippen molar-refractivity contribution in [3.8, 4) is 0 Å². The minimum atomic E-state index is -0.577. The summed E-state index contributed by atoms with van der Waals surface area (Å²) >= 11 is 0. The number of halogens is 1. The maximum absolute atomic E-state index is 12.8. The molecule has 0 saturated heterocycles. The van der Waals surface area contributed by atoms with Gasteiger partial charge in [-0.3, -0.25) is 0 Å². The number of alkyl halides is 1. The molecule has 1 rings (SSSR count). The molecule has 0 spiro atoms. The van der Waals surface area contributed by atoms with Crippen LogP contribution in [0.4, 0.5) is 4.39 Å². The lowest BCUT2D eigenvalue weighted by molar-refractivity contribution is 0.281. The summed E-state index contributed by atoms with van der Waals surface area (Å²) in [5.74, 6) is 0. The van der Waals surface area contributed by atoms with Crippen molar-refractivity contribution in [1.82, 2.24) is 5.32 Å². The Hall–Kier alpha value is -0.110. The number of hydrogen-bond acceptors (Lipinski definition) is 1. The highest BCUT2D eigenvalue weighted by molar-refractivity contribution is 4.82. The summed E-state index contributed by atoms with van der Waals surface area (Å²) in [6, 6.07) is 0.167. The fourth-order valence-electron chi connectivity index (χ4n) is 1.47. The zero-order valence-corrected chi connectivity index (χ0v) is 6.57. The molecule has 2 atom stereocenters. The van der Waals surface area contributed by atoms with Crippen LogP contribution in [0.5, 0.6) is 0 Å². The molecule has 1 fully saturated rings. The van der Waals surface area contributed by atoms with Crippen LogP contribution in [-0.4, -0.2) is 18.8 Å². The molecular formula is C8H16FN. The lowest BCUT2D eigenvalue weighted by atomic mass is 10.2. The van der Waals surface area contributed by atoms with Crippen molar-refractivity contribution in [2.24, 2.45) is 0 Å². The molecule has 0 bridgehead atoms. The number of hydrogen-bond donors (Lipinski definition) is 1. The van der Waals surface area contributed by atoms with Gasteiger partial charge in [-0.25, -0.2) is 4.39 Å². The molecule has 0 radical (unpaired) electrons. The topological polar surface area (TPSA) is 12.0 Å². The number of rotatable bonds is 3. The van der Waals surface area contributed by atoms with Crippen LogP contribution in [0.3, 0.4) is 0 Å². The first-order valence-corrected chi connectivity index (χ1v) is 4.22. The van der Waals surface area contributed by atoms with E-state index >= 15 is 0 Å². The first-order chi connectivity index (χ1) is 4.84. The first kappa shape index (κ1) is 7.99. The molecule has 2 heteroatoms. The Bertz CT molecular complexity index is 95.3. The molecule has 0 unspecified atom stereocenters. The second-order valence-corrected chi connectivity index (χ2v) is 3.01. The zero-order valence-electron chi connectivity index (χ0n) is 6.57. The Morgan fingerprint density at radius 3 is 2.80 bits per heavy atom. The van der Waals surface area contributed by atoms with E-state index in [1.54, 1.807) is 0 Å². The first-order valence-electron chi connectivity index (χ1n) is 4.22. The van der Waals surface area contributed by atoms with E-state index in [2.05, 4.69) is 12.2 Å². The van der Waals surface area contributed by atoms with E-state index in [1.165, 1.54) is 0 Å². The molecule has 1 nitrogen and oxygen atoms in total. The van der Waals surface area contributed by atoms with Crippen molar-refractivity contribution in [3.63, 3.8) is 0 Å². The highest BCUT2D eigenvalue weighted by Crippen LogP contribution is 2.21. The summed E-state index contributed by atoms with van der Waals surface area (Å²) in [5, 5.41) is 3.21. The Balaban J connectivity index is 2.14. The highest BCUT2D eigenvalue weighted by atomic mass is 19.1. The number of nitrogens with one attached hydrogen (secondary N) is 1. The highest BCUT2D eigenvalue weighted by Gasteiger charge is 2.25. The van der Waals surface area contributed by atoms with Gasteiger partial charge in [0.1, 0.15) is 6.17 Å². The van der Waals surface area contributed by atoms with Crippen LogP contribution in [0, 0.1) is 0 Å². The van der Waals surface area contributed by atoms with Gasteiger partial charge in [0, 0.05) is 6.04 Å². The van der Waals surface area contributed by atoms with E-state index in [1.807, 2.05) is 0 Å². The SMILES string of the molecule is CCCN[C@@H]1CCC[C@H]1F. The quantitative estimate of drug-likeness (QED) is 0.639. The van der Waals surface area contributed by atoms with Gasteiger partial charge >= 0.3 is 0 Å². The summed E-state index contributed by atoms with van der Waals surface area (Å²) < 4.78 is 12.8. The summed E-state index contributed by atoms with van der Waals surface area (Å²) in [5.41, 5.74) is 0. The summed E-state index contributed by atoms with van der Waals surface area (Å²) in [7, 11) is 0. The molecule has 60 valence electrons. The Morgan fingerprint density at radius 2 is 2.30 bits per heavy atom. The van der Waals surface area contributed by atoms with Gasteiger partial charge in [-0.15, -0.1) is 0 Å². The molecule has 0 amide bonds. The molecular weight excluding hydrogens is 129 g/mol. The van der Waals surface area contributed by atoms with Gasteiger partial charge in [0.25, 0.3) is 0 Å². The molecule has 0 aromatic carbocycles. The standard InChI is InChI=1S/C8H16FN/c1-2-6-10-8-5-3-4-7(8)9/h7-8,10H,2-6H2,1H3/t7-,8-/m1/s1. The summed E-state index contributed by atoms with van der Waals surface area (Å²) in [6.45, 7) is 3.07. The van der Waals surface area contributed by atoms with Gasteiger partial charge in [-0.1, -0.05) is 6.92 Å². The van der Waals surface area contributed by atoms with E-state index in [0.29, 0.717) is 0 Å². The van der Waals surface area contributed by atoms with Gasteiger partial charge in [0.15, 0.2) is 0 Å². The van der Waals surface area contributed by atoms with Crippen LogP contribution >= 0.6 is 0 Å². The van der Waals surface area contributed by atoms with Gasteiger partial charge in [-0.05, 0) is 32.2 Å². The van der Waals surface area contributed by atoms with Gasteiger partial charge in [0.2, 0.25) is 0 Å². The van der Waals surface area contributed by atoms with E-state index in [0.717, 1.165) is 32.2 Å².